The standard InChI is InChI=1S/C50H52ClN5O7/c51-39-11-4-7-34(27-39)30-56(24-6-23-52-29-44(58)41-17-19-43(57)48-42(41)18-20-46(59)53-48)49(60)37-15-13-33(14-16-37)32-62-40-12-5-10-38(28-40)47(36-8-2-1-3-9-36)54-50(61)63-45-31-55-25-21-35(45)22-26-55/h1-5,7-20,27-28,35,44-45,47,52,57-58H,6,21-26,29-32H2,(H,53,59)(H,54,61)/t44-,45+,47?/m1/s1. The van der Waals surface area contributed by atoms with Crippen molar-refractivity contribution in [3.05, 3.63) is 176 Å². The normalized spacial score (nSPS) is 17.8. The Morgan fingerprint density at radius 2 is 1.65 bits per heavy atom. The summed E-state index contributed by atoms with van der Waals surface area (Å²) in [5, 5.41) is 28.8. The van der Waals surface area contributed by atoms with Crippen molar-refractivity contribution in [1.82, 2.24) is 25.4 Å². The number of benzene rings is 5. The molecule has 3 atom stereocenters. The van der Waals surface area contributed by atoms with E-state index < -0.39 is 18.2 Å². The average molecular weight is 870 g/mol. The average Bonchev–Trinajstić information content (AvgIpc) is 3.30. The Labute approximate surface area is 371 Å². The number of aromatic amines is 1. The monoisotopic (exact) mass is 869 g/mol. The summed E-state index contributed by atoms with van der Waals surface area (Å²) in [6.45, 7) is 4.74. The Kier molecular flexibility index (Phi) is 14.0. The van der Waals surface area contributed by atoms with Crippen LogP contribution in [0.25, 0.3) is 10.9 Å². The minimum Gasteiger partial charge on any atom is -0.506 e. The molecule has 12 nitrogen and oxygen atoms in total. The van der Waals surface area contributed by atoms with Crippen molar-refractivity contribution in [3.63, 3.8) is 0 Å². The van der Waals surface area contributed by atoms with Crippen molar-refractivity contribution in [2.45, 2.75) is 50.7 Å². The molecule has 3 fully saturated rings. The number of aromatic nitrogens is 1. The molecule has 63 heavy (non-hydrogen) atoms. The highest BCUT2D eigenvalue weighted by Gasteiger charge is 2.37. The van der Waals surface area contributed by atoms with Crippen molar-refractivity contribution < 1.29 is 29.3 Å². The SMILES string of the molecule is O=C(NC(c1ccccc1)c1cccc(OCc2ccc(C(=O)N(CCCNC[C@@H](O)c3ccc(O)c4[nH]c(=O)ccc34)Cc3cccc(Cl)c3)cc2)c1)O[C@H]1CN2CCC1CC2. The van der Waals surface area contributed by atoms with E-state index in [1.165, 1.54) is 12.1 Å². The Bertz CT molecular complexity index is 2560. The summed E-state index contributed by atoms with van der Waals surface area (Å²) in [6.07, 6.45) is 1.30. The van der Waals surface area contributed by atoms with Crippen LogP contribution in [0, 0.1) is 5.92 Å². The van der Waals surface area contributed by atoms with Crippen LogP contribution < -0.4 is 20.9 Å². The van der Waals surface area contributed by atoms with Gasteiger partial charge in [-0.05, 0) is 121 Å². The van der Waals surface area contributed by atoms with Crippen LogP contribution in [0.2, 0.25) is 5.02 Å². The van der Waals surface area contributed by atoms with E-state index in [9.17, 15) is 24.6 Å². The highest BCUT2D eigenvalue weighted by Crippen LogP contribution is 2.32. The maximum Gasteiger partial charge on any atom is 0.408 e. The third-order valence-electron chi connectivity index (χ3n) is 12.0. The van der Waals surface area contributed by atoms with Gasteiger partial charge >= 0.3 is 6.09 Å². The maximum atomic E-state index is 14.0. The number of carbonyl (C=O) groups excluding carboxylic acids is 2. The quantitative estimate of drug-likeness (QED) is 0.0579. The second-order valence-electron chi connectivity index (χ2n) is 16.3. The number of piperidine rings is 3. The molecule has 3 aliphatic heterocycles. The number of H-pyrrole nitrogens is 1. The van der Waals surface area contributed by atoms with E-state index in [2.05, 4.69) is 20.5 Å². The Morgan fingerprint density at radius 1 is 0.873 bits per heavy atom. The largest absolute Gasteiger partial charge is 0.506 e. The number of nitrogens with one attached hydrogen (secondary N) is 3. The fourth-order valence-corrected chi connectivity index (χ4v) is 8.83. The summed E-state index contributed by atoms with van der Waals surface area (Å²) in [7, 11) is 0. The molecule has 4 heterocycles. The van der Waals surface area contributed by atoms with Crippen LogP contribution in [0.15, 0.2) is 132 Å². The molecule has 0 radical (unpaired) electrons. The first-order chi connectivity index (χ1) is 30.7. The number of hydrogen-bond donors (Lipinski definition) is 5. The number of phenols is 1. The molecule has 2 bridgehead atoms. The van der Waals surface area contributed by atoms with Crippen LogP contribution in [-0.2, 0) is 17.9 Å². The van der Waals surface area contributed by atoms with Gasteiger partial charge in [0.05, 0.1) is 17.7 Å². The number of pyridine rings is 1. The number of ether oxygens (including phenoxy) is 2. The lowest BCUT2D eigenvalue weighted by atomic mass is 9.86. The number of halogens is 1. The number of alkyl carbamates (subject to hydrolysis) is 1. The van der Waals surface area contributed by atoms with E-state index in [1.807, 2.05) is 97.1 Å². The molecule has 1 aromatic heterocycles. The third kappa shape index (κ3) is 11.1. The molecule has 1 unspecified atom stereocenters. The van der Waals surface area contributed by atoms with E-state index in [4.69, 9.17) is 21.1 Å². The van der Waals surface area contributed by atoms with Gasteiger partial charge in [-0.3, -0.25) is 14.5 Å². The number of phenolic OH excluding ortho intramolecular Hbond substituents is 1. The summed E-state index contributed by atoms with van der Waals surface area (Å²) < 4.78 is 12.3. The number of aromatic hydroxyl groups is 1. The van der Waals surface area contributed by atoms with Gasteiger partial charge in [0, 0.05) is 48.2 Å². The lowest BCUT2D eigenvalue weighted by Crippen LogP contribution is -2.52. The first-order valence-corrected chi connectivity index (χ1v) is 21.9. The van der Waals surface area contributed by atoms with Crippen molar-refractivity contribution in [1.29, 1.82) is 0 Å². The van der Waals surface area contributed by atoms with E-state index in [1.54, 1.807) is 23.1 Å². The lowest BCUT2D eigenvalue weighted by Gasteiger charge is -2.43. The zero-order valence-corrected chi connectivity index (χ0v) is 35.7. The first-order valence-electron chi connectivity index (χ1n) is 21.5. The second kappa shape index (κ2) is 20.3. The number of aliphatic hydroxyl groups is 1. The molecule has 0 aliphatic carbocycles. The van der Waals surface area contributed by atoms with Crippen LogP contribution in [0.3, 0.4) is 0 Å². The van der Waals surface area contributed by atoms with Crippen molar-refractivity contribution in [2.24, 2.45) is 5.92 Å². The molecule has 0 saturated carbocycles. The summed E-state index contributed by atoms with van der Waals surface area (Å²) in [5.41, 5.74) is 4.62. The van der Waals surface area contributed by atoms with Gasteiger partial charge in [0.1, 0.15) is 24.2 Å². The van der Waals surface area contributed by atoms with Crippen molar-refractivity contribution >= 4 is 34.5 Å². The van der Waals surface area contributed by atoms with Crippen molar-refractivity contribution in [3.8, 4) is 11.5 Å². The number of rotatable bonds is 17. The van der Waals surface area contributed by atoms with E-state index >= 15 is 0 Å². The predicted molar refractivity (Wildman–Crippen MR) is 243 cm³/mol. The molecule has 3 saturated heterocycles. The van der Waals surface area contributed by atoms with Gasteiger partial charge in [0.15, 0.2) is 0 Å². The third-order valence-corrected chi connectivity index (χ3v) is 12.2. The predicted octanol–water partition coefficient (Wildman–Crippen LogP) is 7.73. The number of carbonyl (C=O) groups is 2. The fraction of sp³-hybridized carbons (Fsp3) is 0.300. The van der Waals surface area contributed by atoms with E-state index in [-0.39, 0.29) is 42.0 Å². The van der Waals surface area contributed by atoms with Crippen LogP contribution in [0.5, 0.6) is 11.5 Å². The van der Waals surface area contributed by atoms with Gasteiger partial charge in [-0.2, -0.15) is 0 Å². The van der Waals surface area contributed by atoms with Gasteiger partial charge in [0.2, 0.25) is 5.56 Å². The topological polar surface area (TPSA) is 156 Å². The van der Waals surface area contributed by atoms with Crippen molar-refractivity contribution in [2.75, 3.05) is 39.3 Å². The zero-order valence-electron chi connectivity index (χ0n) is 34.9. The highest BCUT2D eigenvalue weighted by molar-refractivity contribution is 6.30. The number of nitrogens with zero attached hydrogens (tertiary/aromatic N) is 2. The minimum absolute atomic E-state index is 0.0672. The molecule has 13 heteroatoms. The first kappa shape index (κ1) is 43.5. The van der Waals surface area contributed by atoms with Gasteiger partial charge in [0.25, 0.3) is 5.91 Å². The fourth-order valence-electron chi connectivity index (χ4n) is 8.62. The molecule has 5 aromatic carbocycles. The smallest absolute Gasteiger partial charge is 0.408 e. The van der Waals surface area contributed by atoms with Crippen LogP contribution in [0.4, 0.5) is 4.79 Å². The van der Waals surface area contributed by atoms with E-state index in [0.29, 0.717) is 59.3 Å². The molecule has 5 N–H and O–H groups in total. The molecule has 6 aromatic rings. The molecule has 326 valence electrons. The molecular weight excluding hydrogens is 818 g/mol. The van der Waals surface area contributed by atoms with Gasteiger partial charge in [-0.15, -0.1) is 0 Å². The van der Waals surface area contributed by atoms with Crippen LogP contribution >= 0.6 is 11.6 Å². The summed E-state index contributed by atoms with van der Waals surface area (Å²) in [4.78, 5) is 45.9. The summed E-state index contributed by atoms with van der Waals surface area (Å²) >= 11 is 6.31. The number of hydrogen-bond acceptors (Lipinski definition) is 9. The maximum absolute atomic E-state index is 14.0. The summed E-state index contributed by atoms with van der Waals surface area (Å²) in [6, 6.07) is 38.0. The molecule has 9 rings (SSSR count). The van der Waals surface area contributed by atoms with Gasteiger partial charge in [-0.1, -0.05) is 84.4 Å². The Morgan fingerprint density at radius 3 is 2.41 bits per heavy atom. The zero-order chi connectivity index (χ0) is 43.7. The van der Waals surface area contributed by atoms with E-state index in [0.717, 1.165) is 54.7 Å². The van der Waals surface area contributed by atoms with Gasteiger partial charge < -0.3 is 40.2 Å². The highest BCUT2D eigenvalue weighted by atomic mass is 35.5. The Balaban J connectivity index is 0.878. The Hall–Kier alpha value is -6.18. The second-order valence-corrected chi connectivity index (χ2v) is 16.8. The minimum atomic E-state index is -0.895. The molecule has 3 aliphatic rings. The number of amides is 2. The lowest BCUT2D eigenvalue weighted by molar-refractivity contribution is -0.0336. The number of fused-ring (bicyclic) bond motifs is 4. The molecular formula is C50H52ClN5O7. The van der Waals surface area contributed by atoms with Gasteiger partial charge in [-0.25, -0.2) is 4.79 Å². The van der Waals surface area contributed by atoms with Crippen LogP contribution in [0.1, 0.15) is 69.6 Å². The number of aliphatic hydroxyl groups excluding tert-OH is 1. The molecule has 2 amide bonds. The molecule has 0 spiro atoms. The summed E-state index contributed by atoms with van der Waals surface area (Å²) in [5.74, 6) is 0.849. The van der Waals surface area contributed by atoms with Crippen LogP contribution in [-0.4, -0.2) is 82.4 Å².